The molecule has 0 radical (unpaired) electrons. The number of pyridine rings is 1. The maximum atomic E-state index is 14.6. The van der Waals surface area contributed by atoms with Crippen LogP contribution in [0.4, 0.5) is 0 Å². The molecule has 6 unspecified atom stereocenters. The van der Waals surface area contributed by atoms with Crippen molar-refractivity contribution in [3.63, 3.8) is 0 Å². The van der Waals surface area contributed by atoms with E-state index >= 15 is 0 Å². The number of aromatic amines is 1. The number of amides is 6. The Labute approximate surface area is 546 Å². The number of hydrogen-bond acceptors (Lipinski definition) is 26. The second-order valence-corrected chi connectivity index (χ2v) is 26.6. The van der Waals surface area contributed by atoms with Crippen molar-refractivity contribution in [3.8, 4) is 38.4 Å². The molecule has 1 aromatic carbocycles. The van der Waals surface area contributed by atoms with Crippen molar-refractivity contribution in [2.75, 3.05) is 25.9 Å². The Morgan fingerprint density at radius 1 is 0.859 bits per heavy atom. The molecular formula is C58H56N16O12S6. The first kappa shape index (κ1) is 64.5. The van der Waals surface area contributed by atoms with Crippen LogP contribution in [-0.2, 0) is 32.3 Å². The molecule has 11 rings (SSSR count). The summed E-state index contributed by atoms with van der Waals surface area (Å²) in [5.74, 6) is -6.35. The second-order valence-electron chi connectivity index (χ2n) is 21.2. The average Bonchev–Trinajstić information content (AvgIpc) is 1.56. The summed E-state index contributed by atoms with van der Waals surface area (Å²) >= 11 is 5.80. The summed E-state index contributed by atoms with van der Waals surface area (Å²) in [5, 5.41) is 56.1. The topological polar surface area (TPSA) is 407 Å². The van der Waals surface area contributed by atoms with Gasteiger partial charge in [0.15, 0.2) is 6.10 Å². The molecule has 476 valence electrons. The van der Waals surface area contributed by atoms with E-state index < -0.39 is 95.1 Å². The molecule has 28 nitrogen and oxygen atoms in total. The number of thioether (sulfide) groups is 1. The van der Waals surface area contributed by atoms with Gasteiger partial charge in [0, 0.05) is 81.0 Å². The third-order valence-corrected chi connectivity index (χ3v) is 20.2. The van der Waals surface area contributed by atoms with Crippen molar-refractivity contribution in [1.82, 2.24) is 75.9 Å². The Morgan fingerprint density at radius 3 is 2.26 bits per heavy atom. The third kappa shape index (κ3) is 14.2. The number of thiazole rings is 5. The van der Waals surface area contributed by atoms with Gasteiger partial charge in [0.25, 0.3) is 23.6 Å². The molecule has 8 aromatic heterocycles. The van der Waals surface area contributed by atoms with Gasteiger partial charge < -0.3 is 66.8 Å². The summed E-state index contributed by atoms with van der Waals surface area (Å²) in [4.78, 5) is 149. The van der Waals surface area contributed by atoms with E-state index in [0.717, 1.165) is 74.9 Å². The molecule has 11 N–H and O–H groups in total. The number of aliphatic hydroxyl groups is 2. The Kier molecular flexibility index (Phi) is 19.5. The molecular weight excluding hydrogens is 1310 g/mol. The largest absolute Gasteiger partial charge is 0.506 e. The van der Waals surface area contributed by atoms with Gasteiger partial charge >= 0.3 is 5.97 Å². The van der Waals surface area contributed by atoms with E-state index in [2.05, 4.69) is 56.5 Å². The van der Waals surface area contributed by atoms with Crippen LogP contribution in [0.3, 0.4) is 0 Å². The lowest BCUT2D eigenvalue weighted by Gasteiger charge is -2.22. The second kappa shape index (κ2) is 27.8. The molecule has 9 aromatic rings. The van der Waals surface area contributed by atoms with Gasteiger partial charge in [0.2, 0.25) is 16.9 Å². The number of cyclic esters (lactones) is 1. The van der Waals surface area contributed by atoms with Crippen molar-refractivity contribution in [2.45, 2.75) is 83.1 Å². The Hall–Kier alpha value is -9.00. The van der Waals surface area contributed by atoms with Crippen LogP contribution < -0.4 is 32.3 Å². The highest BCUT2D eigenvalue weighted by molar-refractivity contribution is 8.14. The molecule has 34 heteroatoms. The minimum Gasteiger partial charge on any atom is -0.506 e. The lowest BCUT2D eigenvalue weighted by Crippen LogP contribution is -2.52. The van der Waals surface area contributed by atoms with Crippen LogP contribution in [0.1, 0.15) is 117 Å². The van der Waals surface area contributed by atoms with Crippen molar-refractivity contribution >= 4 is 132 Å². The van der Waals surface area contributed by atoms with Gasteiger partial charge in [0.1, 0.15) is 89.3 Å². The van der Waals surface area contributed by atoms with E-state index in [1.165, 1.54) is 40.6 Å². The number of allylic oxidation sites excluding steroid dienone is 1. The van der Waals surface area contributed by atoms with Crippen LogP contribution in [0.25, 0.3) is 49.3 Å². The van der Waals surface area contributed by atoms with Crippen LogP contribution in [0.5, 0.6) is 5.75 Å². The number of esters is 1. The first-order chi connectivity index (χ1) is 44.2. The fourth-order valence-electron chi connectivity index (χ4n) is 9.96. The number of nitrogens with zero attached hydrogens (tertiary/aromatic N) is 9. The van der Waals surface area contributed by atoms with E-state index in [0.29, 0.717) is 35.1 Å². The number of H-pyrrole nitrogens is 1. The number of carbonyl (C=O) groups is 8. The number of aromatic hydroxyl groups is 1. The number of aliphatic hydroxyl groups excluding tert-OH is 2. The van der Waals surface area contributed by atoms with Crippen LogP contribution in [0, 0.1) is 6.92 Å². The molecule has 2 aliphatic heterocycles. The van der Waals surface area contributed by atoms with E-state index in [1.807, 2.05) is 15.7 Å². The quantitative estimate of drug-likeness (QED) is 0.0765. The van der Waals surface area contributed by atoms with E-state index in [1.54, 1.807) is 57.0 Å². The monoisotopic (exact) mass is 1360 g/mol. The molecule has 0 saturated heterocycles. The molecule has 0 aliphatic carbocycles. The van der Waals surface area contributed by atoms with Crippen LogP contribution in [0.15, 0.2) is 76.0 Å². The van der Waals surface area contributed by atoms with Crippen LogP contribution in [-0.4, -0.2) is 161 Å². The van der Waals surface area contributed by atoms with E-state index in [9.17, 15) is 53.7 Å². The van der Waals surface area contributed by atoms with Crippen molar-refractivity contribution < 1.29 is 58.4 Å². The zero-order valence-corrected chi connectivity index (χ0v) is 53.9. The highest BCUT2D eigenvalue weighted by Gasteiger charge is 2.34. The van der Waals surface area contributed by atoms with Gasteiger partial charge in [-0.1, -0.05) is 30.0 Å². The van der Waals surface area contributed by atoms with Gasteiger partial charge in [-0.3, -0.25) is 33.6 Å². The lowest BCUT2D eigenvalue weighted by molar-refractivity contribution is -0.155. The Balaban J connectivity index is 0.989. The number of aromatic nitrogens is 9. The SMILES string of the molecule is C/C=C1/NC(=O)C(C(C)O)NC(=O)c2csc(n2)-c2cc(O)c(-c3nc(C(=O)NC(CN(C)CCCn4ccnc4)C(N)=O)cs3)nc2-c2csc(n2)C2CSC(=O)c3[nH]c4cccc(c4c3C)COC(=O)C(O)CC(NC(=O)c3csc1n3)c1nc(cs1)C(=O)N2. The van der Waals surface area contributed by atoms with E-state index in [-0.39, 0.29) is 101 Å². The zero-order valence-electron chi connectivity index (χ0n) is 49.0. The Morgan fingerprint density at radius 2 is 1.53 bits per heavy atom. The molecule has 0 spiro atoms. The molecule has 10 heterocycles. The number of nitrogens with two attached hydrogens (primary N) is 1. The Bertz CT molecular complexity index is 4360. The molecule has 2 aliphatic rings. The number of fused-ring (bicyclic) bond motifs is 13. The van der Waals surface area contributed by atoms with Gasteiger partial charge in [0.05, 0.1) is 35.9 Å². The minimum atomic E-state index is -1.84. The van der Waals surface area contributed by atoms with Crippen molar-refractivity contribution in [3.05, 3.63) is 131 Å². The summed E-state index contributed by atoms with van der Waals surface area (Å²) in [6.07, 6.45) is 3.64. The molecule has 6 atom stereocenters. The summed E-state index contributed by atoms with van der Waals surface area (Å²) in [7, 11) is 1.79. The van der Waals surface area contributed by atoms with Crippen LogP contribution in [0.2, 0.25) is 0 Å². The molecule has 0 saturated carbocycles. The summed E-state index contributed by atoms with van der Waals surface area (Å²) in [5.41, 5.74) is 7.38. The van der Waals surface area contributed by atoms with Gasteiger partial charge in [-0.15, -0.1) is 56.7 Å². The standard InChI is InChI=1S/C58H56N16O12S6/c1-5-29-53-68-34(20-89-53)47(79)63-31-15-40(77)57(84)86-17-27-8-6-9-30-41(27)25(2)42(61-30)58(85)92-23-38(65-49(81)35-21-90-54(31)69-35)55-66-33(18-88-55)44-28(52-67-37(19-87-52)50(82)72-43(26(3)75)51(83)62-29)14-39(76)45(71-44)56-70-36(22-91-56)48(80)64-32(46(59)78)16-73(4)11-7-12-74-13-10-60-24-74/h5-6,8-10,13-14,18-22,24,26,31-32,38,40,43,61,75-77H,7,11-12,15-17,23H2,1-4H3,(H2,59,78)(H,62,83)(H,63,79)(H,64,80)(H,65,81)(H,72,82)/b29-5+. The van der Waals surface area contributed by atoms with Crippen LogP contribution >= 0.6 is 68.4 Å². The number of carbonyl (C=O) groups excluding carboxylic acids is 8. The number of nitrogens with one attached hydrogen (secondary N) is 6. The predicted molar refractivity (Wildman–Crippen MR) is 344 cm³/mol. The maximum Gasteiger partial charge on any atom is 0.335 e. The number of ether oxygens (including phenoxy) is 1. The highest BCUT2D eigenvalue weighted by Crippen LogP contribution is 2.42. The molecule has 0 fully saturated rings. The first-order valence-electron chi connectivity index (χ1n) is 28.2. The van der Waals surface area contributed by atoms with Crippen molar-refractivity contribution in [2.24, 2.45) is 5.73 Å². The predicted octanol–water partition coefficient (Wildman–Crippen LogP) is 4.96. The number of primary amides is 1. The number of hydrogen-bond donors (Lipinski definition) is 10. The van der Waals surface area contributed by atoms with Crippen molar-refractivity contribution in [1.29, 1.82) is 0 Å². The smallest absolute Gasteiger partial charge is 0.335 e. The van der Waals surface area contributed by atoms with Gasteiger partial charge in [-0.2, -0.15) is 0 Å². The minimum absolute atomic E-state index is 0.0614. The fraction of sp³-hybridized carbons (Fsp3) is 0.293. The molecule has 6 amide bonds. The summed E-state index contributed by atoms with van der Waals surface area (Å²) < 4.78 is 7.57. The average molecular weight is 1360 g/mol. The molecule has 12 bridgehead atoms. The number of imidazole rings is 1. The zero-order chi connectivity index (χ0) is 65.1. The van der Waals surface area contributed by atoms with Gasteiger partial charge in [-0.05, 0) is 64.0 Å². The third-order valence-electron chi connectivity index (χ3n) is 14.7. The van der Waals surface area contributed by atoms with E-state index in [4.69, 9.17) is 20.4 Å². The summed E-state index contributed by atoms with van der Waals surface area (Å²) in [6.45, 7) is 5.66. The highest BCUT2D eigenvalue weighted by atomic mass is 32.2. The fourth-order valence-corrected chi connectivity index (χ4v) is 15.1. The summed E-state index contributed by atoms with van der Waals surface area (Å²) in [6, 6.07) is 1.55. The maximum absolute atomic E-state index is 14.6. The molecule has 92 heavy (non-hydrogen) atoms. The number of aryl methyl sites for hydroxylation is 2. The number of rotatable bonds is 11. The normalized spacial score (nSPS) is 18.9. The first-order valence-corrected chi connectivity index (χ1v) is 33.6. The number of likely N-dealkylation sites (N-methyl/N-ethyl adjacent to an activating group) is 1. The van der Waals surface area contributed by atoms with Gasteiger partial charge in [-0.25, -0.2) is 39.7 Å². The number of benzene rings is 1. The lowest BCUT2D eigenvalue weighted by atomic mass is 10.1.